The molecule has 3 nitrogen and oxygen atoms in total. The van der Waals surface area contributed by atoms with Gasteiger partial charge in [-0.1, -0.05) is 63.4 Å². The highest BCUT2D eigenvalue weighted by atomic mass is 32.1. The van der Waals surface area contributed by atoms with Crippen LogP contribution in [0.3, 0.4) is 0 Å². The predicted octanol–water partition coefficient (Wildman–Crippen LogP) is 7.65. The van der Waals surface area contributed by atoms with E-state index in [1.54, 1.807) is 18.3 Å². The molecule has 0 N–H and O–H groups in total. The Morgan fingerprint density at radius 2 is 1.58 bits per heavy atom. The van der Waals surface area contributed by atoms with Crippen molar-refractivity contribution in [2.24, 2.45) is 5.92 Å². The first-order valence-electron chi connectivity index (χ1n) is 12.3. The van der Waals surface area contributed by atoms with Crippen LogP contribution in [0.1, 0.15) is 81.9 Å². The second-order valence-corrected chi connectivity index (χ2v) is 9.86. The third kappa shape index (κ3) is 10.5. The Bertz CT molecular complexity index is 871. The smallest absolute Gasteiger partial charge is 0.249 e. The number of aryl methyl sites for hydroxylation is 3. The van der Waals surface area contributed by atoms with E-state index in [4.69, 9.17) is 0 Å². The molecule has 182 valence electrons. The Hall–Kier alpha value is -2.20. The van der Waals surface area contributed by atoms with Crippen LogP contribution in [0.25, 0.3) is 6.08 Å². The molecule has 1 aromatic carbocycles. The van der Waals surface area contributed by atoms with Crippen molar-refractivity contribution in [2.75, 3.05) is 13.1 Å². The number of hydrogen-bond donors (Lipinski definition) is 0. The first-order chi connectivity index (χ1) is 15.7. The molecule has 3 rings (SSSR count). The van der Waals surface area contributed by atoms with Gasteiger partial charge in [-0.25, -0.2) is 0 Å². The zero-order valence-electron chi connectivity index (χ0n) is 21.7. The number of carbonyl (C=O) groups is 2. The van der Waals surface area contributed by atoms with E-state index in [2.05, 4.69) is 65.0 Å². The molecular formula is C29H43NO2S. The van der Waals surface area contributed by atoms with E-state index in [1.165, 1.54) is 36.0 Å². The lowest BCUT2D eigenvalue weighted by atomic mass is 9.93. The fraction of sp³-hybridized carbons (Fsp3) is 0.517. The molecular weight excluding hydrogens is 426 g/mol. The van der Waals surface area contributed by atoms with Gasteiger partial charge in [-0.05, 0) is 75.6 Å². The molecule has 4 heteroatoms. The molecule has 1 fully saturated rings. The van der Waals surface area contributed by atoms with Crippen molar-refractivity contribution in [1.29, 1.82) is 0 Å². The Morgan fingerprint density at radius 3 is 2.03 bits per heavy atom. The minimum absolute atomic E-state index is 0.0970. The SMILES string of the molecule is CC(=O)C1CCN(C(=O)/C(C)=C/c2sccc2C)CC1.CCC.CCCc1ccc(C)cc1. The van der Waals surface area contributed by atoms with Gasteiger partial charge in [0.05, 0.1) is 0 Å². The summed E-state index contributed by atoms with van der Waals surface area (Å²) in [5.74, 6) is 0.487. The second-order valence-electron chi connectivity index (χ2n) is 8.92. The van der Waals surface area contributed by atoms with Gasteiger partial charge in [-0.3, -0.25) is 9.59 Å². The standard InChI is InChI=1S/C16H21NO2S.C10H14.C3H8/c1-11-6-9-20-15(11)10-12(2)16(19)17-7-4-14(5-8-17)13(3)18;1-3-4-10-7-5-9(2)6-8-10;1-3-2/h6,9-10,14H,4-5,7-8H2,1-3H3;5-8H,3-4H2,1-2H3;3H2,1-2H3/b12-10+;;. The summed E-state index contributed by atoms with van der Waals surface area (Å²) in [6, 6.07) is 10.8. The van der Waals surface area contributed by atoms with Crippen LogP contribution in [0.5, 0.6) is 0 Å². The highest BCUT2D eigenvalue weighted by Crippen LogP contribution is 2.22. The van der Waals surface area contributed by atoms with E-state index in [0.717, 1.165) is 23.3 Å². The van der Waals surface area contributed by atoms with E-state index in [0.29, 0.717) is 13.1 Å². The van der Waals surface area contributed by atoms with Gasteiger partial charge in [0.1, 0.15) is 5.78 Å². The van der Waals surface area contributed by atoms with E-state index >= 15 is 0 Å². The summed E-state index contributed by atoms with van der Waals surface area (Å²) >= 11 is 1.65. The molecule has 2 heterocycles. The Kier molecular flexibility index (Phi) is 13.6. The van der Waals surface area contributed by atoms with E-state index < -0.39 is 0 Å². The van der Waals surface area contributed by atoms with Crippen molar-refractivity contribution in [3.63, 3.8) is 0 Å². The van der Waals surface area contributed by atoms with Crippen LogP contribution in [-0.2, 0) is 16.0 Å². The van der Waals surface area contributed by atoms with Crippen molar-refractivity contribution < 1.29 is 9.59 Å². The lowest BCUT2D eigenvalue weighted by Gasteiger charge is -2.31. The van der Waals surface area contributed by atoms with Gasteiger partial charge in [-0.2, -0.15) is 0 Å². The number of rotatable bonds is 5. The third-order valence-electron chi connectivity index (χ3n) is 5.60. The van der Waals surface area contributed by atoms with Crippen molar-refractivity contribution in [2.45, 2.75) is 80.6 Å². The van der Waals surface area contributed by atoms with Gasteiger partial charge in [0.25, 0.3) is 0 Å². The summed E-state index contributed by atoms with van der Waals surface area (Å²) in [4.78, 5) is 26.8. The van der Waals surface area contributed by atoms with E-state index in [9.17, 15) is 9.59 Å². The lowest BCUT2D eigenvalue weighted by Crippen LogP contribution is -2.40. The van der Waals surface area contributed by atoms with Crippen LogP contribution in [0, 0.1) is 19.8 Å². The number of carbonyl (C=O) groups excluding carboxylic acids is 2. The largest absolute Gasteiger partial charge is 0.339 e. The molecule has 0 saturated carbocycles. The minimum atomic E-state index is 0.0970. The van der Waals surface area contributed by atoms with Gasteiger partial charge >= 0.3 is 0 Å². The highest BCUT2D eigenvalue weighted by molar-refractivity contribution is 7.11. The quantitative estimate of drug-likeness (QED) is 0.422. The molecule has 1 aliphatic heterocycles. The van der Waals surface area contributed by atoms with Crippen LogP contribution in [0.2, 0.25) is 0 Å². The van der Waals surface area contributed by atoms with Gasteiger partial charge in [0.2, 0.25) is 5.91 Å². The fourth-order valence-electron chi connectivity index (χ4n) is 3.57. The van der Waals surface area contributed by atoms with Crippen molar-refractivity contribution >= 4 is 29.1 Å². The third-order valence-corrected chi connectivity index (χ3v) is 6.57. The molecule has 0 atom stereocenters. The second kappa shape index (κ2) is 15.6. The molecule has 0 radical (unpaired) electrons. The number of ketones is 1. The molecule has 0 bridgehead atoms. The summed E-state index contributed by atoms with van der Waals surface area (Å²) in [5, 5.41) is 2.04. The average Bonchev–Trinajstić information content (AvgIpc) is 3.20. The van der Waals surface area contributed by atoms with Crippen LogP contribution in [0.15, 0.2) is 41.3 Å². The van der Waals surface area contributed by atoms with Gasteiger partial charge in [0, 0.05) is 29.5 Å². The topological polar surface area (TPSA) is 37.4 Å². The fourth-order valence-corrected chi connectivity index (χ4v) is 4.49. The Morgan fingerprint density at radius 1 is 1.00 bits per heavy atom. The zero-order chi connectivity index (χ0) is 24.8. The number of likely N-dealkylation sites (tertiary alicyclic amines) is 1. The predicted molar refractivity (Wildman–Crippen MR) is 144 cm³/mol. The maximum atomic E-state index is 12.4. The Balaban J connectivity index is 0.000000349. The zero-order valence-corrected chi connectivity index (χ0v) is 22.6. The van der Waals surface area contributed by atoms with Gasteiger partial charge in [0.15, 0.2) is 0 Å². The molecule has 1 saturated heterocycles. The van der Waals surface area contributed by atoms with Crippen molar-refractivity contribution in [3.05, 3.63) is 62.9 Å². The first kappa shape index (κ1) is 28.8. The van der Waals surface area contributed by atoms with Gasteiger partial charge < -0.3 is 4.90 Å². The van der Waals surface area contributed by atoms with Crippen LogP contribution >= 0.6 is 11.3 Å². The summed E-state index contributed by atoms with van der Waals surface area (Å²) in [7, 11) is 0. The number of thiophene rings is 1. The van der Waals surface area contributed by atoms with Crippen LogP contribution in [0.4, 0.5) is 0 Å². The summed E-state index contributed by atoms with van der Waals surface area (Å²) in [6.45, 7) is 15.5. The molecule has 0 unspecified atom stereocenters. The molecule has 2 aromatic rings. The molecule has 1 aromatic heterocycles. The summed E-state index contributed by atoms with van der Waals surface area (Å²) < 4.78 is 0. The Labute approximate surface area is 205 Å². The van der Waals surface area contributed by atoms with Crippen LogP contribution in [-0.4, -0.2) is 29.7 Å². The molecule has 1 aliphatic rings. The van der Waals surface area contributed by atoms with Crippen molar-refractivity contribution in [1.82, 2.24) is 4.90 Å². The van der Waals surface area contributed by atoms with E-state index in [-0.39, 0.29) is 17.6 Å². The van der Waals surface area contributed by atoms with Gasteiger partial charge in [-0.15, -0.1) is 11.3 Å². The molecule has 1 amide bonds. The number of piperidine rings is 1. The number of hydrogen-bond acceptors (Lipinski definition) is 3. The number of Topliss-reactive ketones (excluding diaryl/α,β-unsaturated/α-hetero) is 1. The molecule has 0 aliphatic carbocycles. The molecule has 0 spiro atoms. The average molecular weight is 470 g/mol. The highest BCUT2D eigenvalue weighted by Gasteiger charge is 2.25. The summed E-state index contributed by atoms with van der Waals surface area (Å²) in [5.41, 5.74) is 4.78. The maximum Gasteiger partial charge on any atom is 0.249 e. The monoisotopic (exact) mass is 469 g/mol. The normalized spacial score (nSPS) is 14.0. The summed E-state index contributed by atoms with van der Waals surface area (Å²) in [6.07, 6.45) is 7.27. The molecule has 33 heavy (non-hydrogen) atoms. The number of amides is 1. The number of nitrogens with zero attached hydrogens (tertiary/aromatic N) is 1. The maximum absolute atomic E-state index is 12.4. The minimum Gasteiger partial charge on any atom is -0.339 e. The van der Waals surface area contributed by atoms with Crippen molar-refractivity contribution in [3.8, 4) is 0 Å². The van der Waals surface area contributed by atoms with E-state index in [1.807, 2.05) is 23.3 Å². The first-order valence-corrected chi connectivity index (χ1v) is 13.2. The lowest BCUT2D eigenvalue weighted by molar-refractivity contribution is -0.131. The van der Waals surface area contributed by atoms with Crippen LogP contribution < -0.4 is 0 Å². The number of benzene rings is 1.